The lowest BCUT2D eigenvalue weighted by Gasteiger charge is -2.21. The molecule has 5 nitrogen and oxygen atoms in total. The number of nitrogens with zero attached hydrogens (tertiary/aromatic N) is 1. The maximum atomic E-state index is 12.4. The number of likely N-dealkylation sites (tertiary alicyclic amines) is 1. The fraction of sp³-hybridized carbons (Fsp3) is 0.611. The molecular weight excluding hydrogens is 328 g/mol. The first kappa shape index (κ1) is 18.9. The normalized spacial score (nSPS) is 23.0. The van der Waals surface area contributed by atoms with Gasteiger partial charge in [0.25, 0.3) is 0 Å². The number of para-hydroxylation sites is 2. The van der Waals surface area contributed by atoms with Crippen LogP contribution in [0, 0.1) is 11.8 Å². The van der Waals surface area contributed by atoms with Crippen LogP contribution in [0.5, 0.6) is 11.5 Å². The maximum Gasteiger partial charge on any atom is 0.225 e. The third kappa shape index (κ3) is 4.54. The Labute approximate surface area is 150 Å². The molecule has 0 aromatic heterocycles. The Balaban J connectivity index is 0.00000208. The molecule has 2 aliphatic rings. The highest BCUT2D eigenvalue weighted by Gasteiger charge is 2.31. The van der Waals surface area contributed by atoms with Gasteiger partial charge in [-0.1, -0.05) is 12.1 Å². The molecule has 1 N–H and O–H groups in total. The van der Waals surface area contributed by atoms with E-state index in [1.165, 1.54) is 0 Å². The van der Waals surface area contributed by atoms with Gasteiger partial charge in [-0.3, -0.25) is 4.79 Å². The molecule has 1 amide bonds. The average Bonchev–Trinajstić information content (AvgIpc) is 2.93. The first-order chi connectivity index (χ1) is 11.3. The van der Waals surface area contributed by atoms with E-state index in [0.29, 0.717) is 24.5 Å². The molecule has 6 heteroatoms. The lowest BCUT2D eigenvalue weighted by Crippen LogP contribution is -2.33. The highest BCUT2D eigenvalue weighted by molar-refractivity contribution is 5.85. The van der Waals surface area contributed by atoms with Crippen molar-refractivity contribution in [2.24, 2.45) is 11.8 Å². The van der Waals surface area contributed by atoms with Crippen molar-refractivity contribution in [3.8, 4) is 11.5 Å². The number of rotatable bonds is 5. The Morgan fingerprint density at radius 1 is 1.17 bits per heavy atom. The zero-order valence-corrected chi connectivity index (χ0v) is 15.0. The van der Waals surface area contributed by atoms with Crippen LogP contribution in [0.4, 0.5) is 0 Å². The molecule has 3 rings (SSSR count). The Bertz CT molecular complexity index is 527. The van der Waals surface area contributed by atoms with Crippen LogP contribution in [0.1, 0.15) is 19.3 Å². The van der Waals surface area contributed by atoms with E-state index in [0.717, 1.165) is 50.9 Å². The summed E-state index contributed by atoms with van der Waals surface area (Å²) in [5.41, 5.74) is 0. The molecule has 2 atom stereocenters. The lowest BCUT2D eigenvalue weighted by atomic mass is 9.92. The SMILES string of the molecule is COc1ccccc1OCCC(=O)N1CC[C@@H]2CNC[C@@H]2CC1.Cl. The van der Waals surface area contributed by atoms with Gasteiger partial charge in [0.15, 0.2) is 11.5 Å². The molecule has 24 heavy (non-hydrogen) atoms. The first-order valence-electron chi connectivity index (χ1n) is 8.52. The number of amides is 1. The van der Waals surface area contributed by atoms with Gasteiger partial charge in [-0.2, -0.15) is 0 Å². The zero-order valence-electron chi connectivity index (χ0n) is 14.2. The molecule has 0 saturated carbocycles. The number of halogens is 1. The largest absolute Gasteiger partial charge is 0.493 e. The van der Waals surface area contributed by atoms with Gasteiger partial charge >= 0.3 is 0 Å². The molecule has 0 bridgehead atoms. The number of nitrogens with one attached hydrogen (secondary N) is 1. The highest BCUT2D eigenvalue weighted by atomic mass is 35.5. The maximum absolute atomic E-state index is 12.4. The molecular formula is C18H27ClN2O3. The summed E-state index contributed by atoms with van der Waals surface area (Å²) in [7, 11) is 1.62. The fourth-order valence-electron chi connectivity index (χ4n) is 3.61. The number of methoxy groups -OCH3 is 1. The minimum Gasteiger partial charge on any atom is -0.493 e. The van der Waals surface area contributed by atoms with Gasteiger partial charge in [0.05, 0.1) is 20.1 Å². The fourth-order valence-corrected chi connectivity index (χ4v) is 3.61. The number of fused-ring (bicyclic) bond motifs is 1. The highest BCUT2D eigenvalue weighted by Crippen LogP contribution is 2.28. The van der Waals surface area contributed by atoms with E-state index < -0.39 is 0 Å². The summed E-state index contributed by atoms with van der Waals surface area (Å²) < 4.78 is 11.0. The number of carbonyl (C=O) groups is 1. The summed E-state index contributed by atoms with van der Waals surface area (Å²) >= 11 is 0. The molecule has 0 unspecified atom stereocenters. The quantitative estimate of drug-likeness (QED) is 0.881. The van der Waals surface area contributed by atoms with Crippen molar-refractivity contribution >= 4 is 18.3 Å². The molecule has 0 spiro atoms. The van der Waals surface area contributed by atoms with E-state index >= 15 is 0 Å². The summed E-state index contributed by atoms with van der Waals surface area (Å²) in [5, 5.41) is 3.46. The standard InChI is InChI=1S/C18H26N2O3.ClH/c1-22-16-4-2-3-5-17(16)23-11-8-18(21)20-9-6-14-12-19-13-15(14)7-10-20;/h2-5,14-15,19H,6-13H2,1H3;1H/t14-,15+;. The molecule has 0 radical (unpaired) electrons. The summed E-state index contributed by atoms with van der Waals surface area (Å²) in [6.07, 6.45) is 2.67. The second kappa shape index (κ2) is 9.14. The Morgan fingerprint density at radius 2 is 1.79 bits per heavy atom. The van der Waals surface area contributed by atoms with Crippen molar-refractivity contribution in [3.63, 3.8) is 0 Å². The van der Waals surface area contributed by atoms with Crippen LogP contribution in [0.3, 0.4) is 0 Å². The van der Waals surface area contributed by atoms with Crippen LogP contribution in [-0.2, 0) is 4.79 Å². The second-order valence-corrected chi connectivity index (χ2v) is 6.39. The minimum absolute atomic E-state index is 0. The van der Waals surface area contributed by atoms with Crippen molar-refractivity contribution in [2.75, 3.05) is 39.9 Å². The topological polar surface area (TPSA) is 50.8 Å². The van der Waals surface area contributed by atoms with E-state index in [1.54, 1.807) is 7.11 Å². The summed E-state index contributed by atoms with van der Waals surface area (Å²) in [6, 6.07) is 7.53. The van der Waals surface area contributed by atoms with Crippen molar-refractivity contribution in [1.29, 1.82) is 0 Å². The van der Waals surface area contributed by atoms with E-state index in [1.807, 2.05) is 29.2 Å². The third-order valence-electron chi connectivity index (χ3n) is 5.01. The monoisotopic (exact) mass is 354 g/mol. The van der Waals surface area contributed by atoms with Gasteiger partial charge in [0, 0.05) is 13.1 Å². The molecule has 2 heterocycles. The molecule has 1 aromatic rings. The first-order valence-corrected chi connectivity index (χ1v) is 8.52. The third-order valence-corrected chi connectivity index (χ3v) is 5.01. The smallest absolute Gasteiger partial charge is 0.225 e. The van der Waals surface area contributed by atoms with Crippen molar-refractivity contribution in [1.82, 2.24) is 10.2 Å². The van der Waals surface area contributed by atoms with Crippen LogP contribution in [0.2, 0.25) is 0 Å². The molecule has 2 fully saturated rings. The number of benzene rings is 1. The number of hydrogen-bond donors (Lipinski definition) is 1. The predicted octanol–water partition coefficient (Wildman–Crippen LogP) is 2.34. The van der Waals surface area contributed by atoms with E-state index in [4.69, 9.17) is 9.47 Å². The molecule has 0 aliphatic carbocycles. The molecule has 1 aromatic carbocycles. The summed E-state index contributed by atoms with van der Waals surface area (Å²) in [4.78, 5) is 14.4. The van der Waals surface area contributed by atoms with Gasteiger partial charge < -0.3 is 19.7 Å². The van der Waals surface area contributed by atoms with Crippen molar-refractivity contribution < 1.29 is 14.3 Å². The van der Waals surface area contributed by atoms with Gasteiger partial charge in [0.1, 0.15) is 0 Å². The molecule has 134 valence electrons. The van der Waals surface area contributed by atoms with Crippen molar-refractivity contribution in [2.45, 2.75) is 19.3 Å². The number of hydrogen-bond acceptors (Lipinski definition) is 4. The van der Waals surface area contributed by atoms with Crippen LogP contribution >= 0.6 is 12.4 Å². The number of ether oxygens (including phenoxy) is 2. The molecule has 2 aliphatic heterocycles. The minimum atomic E-state index is 0. The summed E-state index contributed by atoms with van der Waals surface area (Å²) in [5.74, 6) is 3.09. The van der Waals surface area contributed by atoms with E-state index in [-0.39, 0.29) is 18.3 Å². The Morgan fingerprint density at radius 3 is 2.42 bits per heavy atom. The predicted molar refractivity (Wildman–Crippen MR) is 96.0 cm³/mol. The van der Waals surface area contributed by atoms with Crippen LogP contribution < -0.4 is 14.8 Å². The summed E-state index contributed by atoms with van der Waals surface area (Å²) in [6.45, 7) is 4.39. The molecule has 2 saturated heterocycles. The van der Waals surface area contributed by atoms with E-state index in [2.05, 4.69) is 5.32 Å². The van der Waals surface area contributed by atoms with Crippen LogP contribution in [0.25, 0.3) is 0 Å². The van der Waals surface area contributed by atoms with Crippen LogP contribution in [-0.4, -0.2) is 50.7 Å². The van der Waals surface area contributed by atoms with Gasteiger partial charge in [-0.05, 0) is 49.9 Å². The number of carbonyl (C=O) groups excluding carboxylic acids is 1. The van der Waals surface area contributed by atoms with Gasteiger partial charge in [0.2, 0.25) is 5.91 Å². The lowest BCUT2D eigenvalue weighted by molar-refractivity contribution is -0.131. The van der Waals surface area contributed by atoms with Gasteiger partial charge in [-0.15, -0.1) is 12.4 Å². The van der Waals surface area contributed by atoms with E-state index in [9.17, 15) is 4.79 Å². The van der Waals surface area contributed by atoms with Gasteiger partial charge in [-0.25, -0.2) is 0 Å². The van der Waals surface area contributed by atoms with Crippen molar-refractivity contribution in [3.05, 3.63) is 24.3 Å². The van der Waals surface area contributed by atoms with Crippen LogP contribution in [0.15, 0.2) is 24.3 Å². The second-order valence-electron chi connectivity index (χ2n) is 6.39. The average molecular weight is 355 g/mol. The zero-order chi connectivity index (χ0) is 16.1. The Kier molecular flexibility index (Phi) is 7.18. The Hall–Kier alpha value is -1.46.